The number of carboxylic acids is 3. The number of carboxylic acid groups (broad SMARTS) is 3. The van der Waals surface area contributed by atoms with Crippen molar-refractivity contribution >= 4 is 40.8 Å². The van der Waals surface area contributed by atoms with Gasteiger partial charge in [0.25, 0.3) is 5.91 Å². The second-order valence-electron chi connectivity index (χ2n) is 8.83. The third-order valence-corrected chi connectivity index (χ3v) is 6.53. The van der Waals surface area contributed by atoms with Gasteiger partial charge in [-0.1, -0.05) is 6.92 Å². The Morgan fingerprint density at radius 2 is 1.75 bits per heavy atom. The lowest BCUT2D eigenvalue weighted by atomic mass is 9.96. The van der Waals surface area contributed by atoms with Gasteiger partial charge in [0.2, 0.25) is 0 Å². The first-order chi connectivity index (χ1) is 18.7. The van der Waals surface area contributed by atoms with Gasteiger partial charge in [-0.3, -0.25) is 14.4 Å². The summed E-state index contributed by atoms with van der Waals surface area (Å²) in [5.41, 5.74) is -0.758. The normalized spacial score (nSPS) is 15.5. The zero-order chi connectivity index (χ0) is 29.8. The first-order valence-corrected chi connectivity index (χ1v) is 12.7. The number of aliphatic carboxylic acids is 3. The number of hydrogen-bond donors (Lipinski definition) is 4. The number of halogens is 3. The van der Waals surface area contributed by atoms with Crippen LogP contribution >= 0.6 is 11.3 Å². The Kier molecular flexibility index (Phi) is 9.09. The molecule has 1 aliphatic heterocycles. The van der Waals surface area contributed by atoms with Crippen LogP contribution in [0.3, 0.4) is 0 Å². The maximum atomic E-state index is 13.5. The first kappa shape index (κ1) is 30.4. The molecule has 4 rings (SSSR count). The van der Waals surface area contributed by atoms with E-state index in [0.717, 1.165) is 17.0 Å². The highest BCUT2D eigenvalue weighted by atomic mass is 32.1. The molecule has 4 N–H and O–H groups in total. The van der Waals surface area contributed by atoms with E-state index in [1.54, 1.807) is 28.8 Å². The molecular weight excluding hydrogens is 563 g/mol. The minimum atomic E-state index is -4.54. The third kappa shape index (κ3) is 6.90. The van der Waals surface area contributed by atoms with E-state index in [2.05, 4.69) is 15.1 Å². The molecule has 40 heavy (non-hydrogen) atoms. The van der Waals surface area contributed by atoms with E-state index in [1.165, 1.54) is 11.3 Å². The Morgan fingerprint density at radius 3 is 2.25 bits per heavy atom. The summed E-state index contributed by atoms with van der Waals surface area (Å²) in [6.07, 6.45) is -5.04. The summed E-state index contributed by atoms with van der Waals surface area (Å²) in [6.45, 7) is 2.27. The van der Waals surface area contributed by atoms with Crippen molar-refractivity contribution < 1.29 is 52.8 Å². The number of carbonyl (C=O) groups is 4. The summed E-state index contributed by atoms with van der Waals surface area (Å²) in [5.74, 6) is -5.25. The number of hydrogen-bond acceptors (Lipinski definition) is 9. The zero-order valence-electron chi connectivity index (χ0n) is 20.8. The summed E-state index contributed by atoms with van der Waals surface area (Å²) >= 11 is 1.32. The molecule has 13 nitrogen and oxygen atoms in total. The number of likely N-dealkylation sites (tertiary alicyclic amines) is 1. The molecule has 1 aliphatic rings. The maximum absolute atomic E-state index is 13.5. The van der Waals surface area contributed by atoms with Gasteiger partial charge in [0.1, 0.15) is 11.4 Å². The summed E-state index contributed by atoms with van der Waals surface area (Å²) in [7, 11) is 0. The molecule has 1 atom stereocenters. The van der Waals surface area contributed by atoms with Crippen LogP contribution in [0.1, 0.15) is 66.2 Å². The predicted octanol–water partition coefficient (Wildman–Crippen LogP) is 2.50. The van der Waals surface area contributed by atoms with E-state index in [4.69, 9.17) is 20.4 Å². The molecule has 1 unspecified atom stereocenters. The van der Waals surface area contributed by atoms with Crippen molar-refractivity contribution in [3.8, 4) is 0 Å². The van der Waals surface area contributed by atoms with Crippen molar-refractivity contribution in [1.82, 2.24) is 24.5 Å². The number of alkyl halides is 3. The van der Waals surface area contributed by atoms with Gasteiger partial charge < -0.3 is 25.3 Å². The third-order valence-electron chi connectivity index (χ3n) is 5.94. The highest BCUT2D eigenvalue weighted by Gasteiger charge is 2.41. The second-order valence-corrected chi connectivity index (χ2v) is 9.55. The molecule has 3 aromatic heterocycles. The number of fused-ring (bicyclic) bond motifs is 1. The lowest BCUT2D eigenvalue weighted by Gasteiger charge is -2.22. The molecule has 0 aromatic carbocycles. The standard InChI is InChI=1S/C17H16F3N5OS.C6H8O7/c1-2-10-6-14(17(18,19)20)25-15(22-10)7-11(23-25)13-4-3-5-24(13)16(26)12-8-27-9-21-12;7-3(8)1-6(13,5(11)12)2-4(9)10/h6-9,13H,2-5H2,1H3;13H,1-2H2,(H,7,8)(H,9,10)(H,11,12). The molecule has 17 heteroatoms. The number of aryl methyl sites for hydroxylation is 1. The van der Waals surface area contributed by atoms with E-state index in [0.29, 0.717) is 36.5 Å². The molecule has 1 fully saturated rings. The topological polar surface area (TPSA) is 196 Å². The molecule has 1 saturated heterocycles. The predicted molar refractivity (Wildman–Crippen MR) is 130 cm³/mol. The first-order valence-electron chi connectivity index (χ1n) is 11.7. The van der Waals surface area contributed by atoms with Crippen LogP contribution in [0.2, 0.25) is 0 Å². The summed E-state index contributed by atoms with van der Waals surface area (Å²) in [5, 5.41) is 39.6. The summed E-state index contributed by atoms with van der Waals surface area (Å²) in [4.78, 5) is 53.1. The summed E-state index contributed by atoms with van der Waals surface area (Å²) < 4.78 is 41.2. The molecule has 1 amide bonds. The smallest absolute Gasteiger partial charge is 0.433 e. The number of amides is 1. The molecule has 0 bridgehead atoms. The fourth-order valence-electron chi connectivity index (χ4n) is 4.09. The maximum Gasteiger partial charge on any atom is 0.433 e. The number of thiazole rings is 1. The molecule has 0 spiro atoms. The van der Waals surface area contributed by atoms with Crippen molar-refractivity contribution in [2.45, 2.75) is 56.8 Å². The van der Waals surface area contributed by atoms with E-state index in [1.807, 2.05) is 0 Å². The number of nitrogens with zero attached hydrogens (tertiary/aromatic N) is 5. The molecule has 3 aromatic rings. The average molecular weight is 588 g/mol. The monoisotopic (exact) mass is 587 g/mol. The van der Waals surface area contributed by atoms with Crippen molar-refractivity contribution in [2.24, 2.45) is 0 Å². The van der Waals surface area contributed by atoms with Crippen LogP contribution in [0.25, 0.3) is 5.65 Å². The minimum absolute atomic E-state index is 0.143. The molecular formula is C23H24F3N5O8S. The van der Waals surface area contributed by atoms with Gasteiger partial charge in [-0.2, -0.15) is 18.3 Å². The minimum Gasteiger partial charge on any atom is -0.481 e. The van der Waals surface area contributed by atoms with Gasteiger partial charge in [-0.25, -0.2) is 19.3 Å². The largest absolute Gasteiger partial charge is 0.481 e. The van der Waals surface area contributed by atoms with Crippen LogP contribution in [-0.2, 0) is 27.0 Å². The van der Waals surface area contributed by atoms with E-state index in [9.17, 15) is 32.3 Å². The van der Waals surface area contributed by atoms with Gasteiger partial charge in [0, 0.05) is 23.7 Å². The molecule has 0 radical (unpaired) electrons. The van der Waals surface area contributed by atoms with Gasteiger partial charge in [0.15, 0.2) is 11.2 Å². The highest BCUT2D eigenvalue weighted by Crippen LogP contribution is 2.35. The highest BCUT2D eigenvalue weighted by molar-refractivity contribution is 7.07. The number of aliphatic hydroxyl groups is 1. The zero-order valence-corrected chi connectivity index (χ0v) is 21.6. The fourth-order valence-corrected chi connectivity index (χ4v) is 4.61. The lowest BCUT2D eigenvalue weighted by molar-refractivity contribution is -0.170. The van der Waals surface area contributed by atoms with Gasteiger partial charge in [-0.05, 0) is 25.3 Å². The number of aromatic nitrogens is 4. The number of rotatable bonds is 8. The lowest BCUT2D eigenvalue weighted by Crippen LogP contribution is -2.42. The quantitative estimate of drug-likeness (QED) is 0.302. The SMILES string of the molecule is CCc1cc(C(F)(F)F)n2nc(C3CCCN3C(=O)c3cscn3)cc2n1.O=C(O)CC(O)(CC(=O)O)C(=O)O. The van der Waals surface area contributed by atoms with Crippen LogP contribution in [-0.4, -0.2) is 80.9 Å². The van der Waals surface area contributed by atoms with Crippen molar-refractivity contribution in [1.29, 1.82) is 0 Å². The van der Waals surface area contributed by atoms with Gasteiger partial charge in [-0.15, -0.1) is 11.3 Å². The van der Waals surface area contributed by atoms with E-state index >= 15 is 0 Å². The molecule has 0 aliphatic carbocycles. The van der Waals surface area contributed by atoms with Crippen LogP contribution in [0.5, 0.6) is 0 Å². The average Bonchev–Trinajstić information content (AvgIpc) is 3.62. The van der Waals surface area contributed by atoms with Crippen molar-refractivity contribution in [2.75, 3.05) is 6.54 Å². The Bertz CT molecular complexity index is 1390. The molecule has 0 saturated carbocycles. The Balaban J connectivity index is 0.000000289. The van der Waals surface area contributed by atoms with E-state index < -0.39 is 48.2 Å². The van der Waals surface area contributed by atoms with Crippen LogP contribution in [0.15, 0.2) is 23.0 Å². The van der Waals surface area contributed by atoms with Crippen molar-refractivity contribution in [3.63, 3.8) is 0 Å². The molecule has 216 valence electrons. The molecule has 4 heterocycles. The van der Waals surface area contributed by atoms with Crippen LogP contribution < -0.4 is 0 Å². The Morgan fingerprint density at radius 1 is 1.10 bits per heavy atom. The summed E-state index contributed by atoms with van der Waals surface area (Å²) in [6, 6.07) is 2.19. The van der Waals surface area contributed by atoms with Crippen molar-refractivity contribution in [3.05, 3.63) is 45.8 Å². The Hall–Kier alpha value is -4.12. The van der Waals surface area contributed by atoms with E-state index in [-0.39, 0.29) is 17.6 Å². The van der Waals surface area contributed by atoms with Crippen LogP contribution in [0, 0.1) is 0 Å². The fraction of sp³-hybridized carbons (Fsp3) is 0.435. The second kappa shape index (κ2) is 12.0. The van der Waals surface area contributed by atoms with Gasteiger partial charge >= 0.3 is 24.1 Å². The number of carbonyl (C=O) groups excluding carboxylic acids is 1. The van der Waals surface area contributed by atoms with Crippen LogP contribution in [0.4, 0.5) is 13.2 Å². The Labute approximate surface area is 227 Å². The van der Waals surface area contributed by atoms with Gasteiger partial charge in [0.05, 0.1) is 30.1 Å².